The van der Waals surface area contributed by atoms with Crippen LogP contribution in [0.25, 0.3) is 0 Å². The average molecular weight is 186 g/mol. The van der Waals surface area contributed by atoms with Crippen molar-refractivity contribution in [2.45, 2.75) is 37.8 Å². The molecule has 1 fully saturated rings. The van der Waals surface area contributed by atoms with E-state index in [0.29, 0.717) is 12.1 Å². The van der Waals surface area contributed by atoms with Gasteiger partial charge in [0.2, 0.25) is 0 Å². The predicted octanol–water partition coefficient (Wildman–Crippen LogP) is 2.13. The molecule has 2 heteroatoms. The predicted molar refractivity (Wildman–Crippen MR) is 55.5 cm³/mol. The van der Waals surface area contributed by atoms with E-state index in [2.05, 4.69) is 17.8 Å². The highest BCUT2D eigenvalue weighted by molar-refractivity contribution is 5.85. The van der Waals surface area contributed by atoms with Gasteiger partial charge < -0.3 is 5.32 Å². The quantitative estimate of drug-likeness (QED) is 0.514. The molecule has 1 heterocycles. The minimum absolute atomic E-state index is 0. The molecule has 0 aromatic rings. The Morgan fingerprint density at radius 3 is 2.92 bits per heavy atom. The first-order valence-corrected chi connectivity index (χ1v) is 4.20. The maximum absolute atomic E-state index is 5.32. The van der Waals surface area contributed by atoms with Crippen molar-refractivity contribution in [2.24, 2.45) is 0 Å². The van der Waals surface area contributed by atoms with E-state index in [1.165, 1.54) is 12.8 Å². The molecule has 2 unspecified atom stereocenters. The second kappa shape index (κ2) is 6.11. The van der Waals surface area contributed by atoms with Gasteiger partial charge in [-0.1, -0.05) is 12.0 Å². The van der Waals surface area contributed by atoms with E-state index in [9.17, 15) is 0 Å². The van der Waals surface area contributed by atoms with E-state index >= 15 is 0 Å². The minimum atomic E-state index is 0. The van der Waals surface area contributed by atoms with Gasteiger partial charge in [0.05, 0.1) is 6.04 Å². The number of rotatable bonds is 2. The number of hydrogen-bond acceptors (Lipinski definition) is 1. The van der Waals surface area contributed by atoms with Crippen LogP contribution in [0.1, 0.15) is 25.7 Å². The molecule has 1 nitrogen and oxygen atoms in total. The van der Waals surface area contributed by atoms with Crippen molar-refractivity contribution >= 4 is 12.4 Å². The fourth-order valence-electron chi connectivity index (χ4n) is 1.54. The van der Waals surface area contributed by atoms with Crippen LogP contribution in [-0.2, 0) is 0 Å². The van der Waals surface area contributed by atoms with Gasteiger partial charge in [-0.2, -0.15) is 0 Å². The van der Waals surface area contributed by atoms with Gasteiger partial charge in [0, 0.05) is 6.04 Å². The smallest absolute Gasteiger partial charge is 0.0689 e. The number of halogens is 1. The fraction of sp³-hybridized carbons (Fsp3) is 0.600. The number of piperidine rings is 1. The van der Waals surface area contributed by atoms with Gasteiger partial charge in [0.1, 0.15) is 0 Å². The third-order valence-electron chi connectivity index (χ3n) is 2.13. The first-order valence-electron chi connectivity index (χ1n) is 4.20. The summed E-state index contributed by atoms with van der Waals surface area (Å²) in [4.78, 5) is 0. The van der Waals surface area contributed by atoms with E-state index in [1.54, 1.807) is 0 Å². The van der Waals surface area contributed by atoms with Gasteiger partial charge in [-0.25, -0.2) is 0 Å². The van der Waals surface area contributed by atoms with Gasteiger partial charge >= 0.3 is 0 Å². The van der Waals surface area contributed by atoms with Crippen molar-refractivity contribution in [1.82, 2.24) is 5.32 Å². The van der Waals surface area contributed by atoms with Crippen LogP contribution >= 0.6 is 12.4 Å². The van der Waals surface area contributed by atoms with Gasteiger partial charge in [-0.05, 0) is 25.7 Å². The first kappa shape index (κ1) is 11.6. The van der Waals surface area contributed by atoms with Crippen molar-refractivity contribution in [2.75, 3.05) is 0 Å². The van der Waals surface area contributed by atoms with Crippen LogP contribution in [0.15, 0.2) is 12.7 Å². The van der Waals surface area contributed by atoms with Crippen molar-refractivity contribution in [3.8, 4) is 12.3 Å². The molecule has 0 amide bonds. The molecule has 0 aromatic heterocycles. The summed E-state index contributed by atoms with van der Waals surface area (Å²) in [5, 5.41) is 3.40. The number of terminal acetylenes is 1. The van der Waals surface area contributed by atoms with E-state index in [0.717, 1.165) is 12.8 Å². The molecule has 1 aliphatic rings. The van der Waals surface area contributed by atoms with E-state index in [-0.39, 0.29) is 12.4 Å². The minimum Gasteiger partial charge on any atom is -0.301 e. The summed E-state index contributed by atoms with van der Waals surface area (Å²) < 4.78 is 0. The van der Waals surface area contributed by atoms with Crippen LogP contribution in [0.3, 0.4) is 0 Å². The second-order valence-corrected chi connectivity index (χ2v) is 3.04. The van der Waals surface area contributed by atoms with Crippen molar-refractivity contribution < 1.29 is 0 Å². The summed E-state index contributed by atoms with van der Waals surface area (Å²) in [5.41, 5.74) is 0. The Balaban J connectivity index is 0.00000121. The van der Waals surface area contributed by atoms with Gasteiger partial charge in [-0.3, -0.25) is 0 Å². The molecule has 1 N–H and O–H groups in total. The molecular formula is C10H16ClN. The molecule has 2 atom stereocenters. The molecule has 12 heavy (non-hydrogen) atoms. The Kier molecular flexibility index (Phi) is 5.88. The SMILES string of the molecule is C#CC1CCCC(CC=C)N1.Cl. The average Bonchev–Trinajstić information content (AvgIpc) is 2.06. The van der Waals surface area contributed by atoms with Crippen LogP contribution in [0, 0.1) is 12.3 Å². The topological polar surface area (TPSA) is 12.0 Å². The lowest BCUT2D eigenvalue weighted by molar-refractivity contribution is 0.364. The largest absolute Gasteiger partial charge is 0.301 e. The maximum atomic E-state index is 5.32. The Morgan fingerprint density at radius 2 is 2.33 bits per heavy atom. The summed E-state index contributed by atoms with van der Waals surface area (Å²) in [5.74, 6) is 2.75. The lowest BCUT2D eigenvalue weighted by Gasteiger charge is -2.27. The van der Waals surface area contributed by atoms with E-state index < -0.39 is 0 Å². The summed E-state index contributed by atoms with van der Waals surface area (Å²) in [6.07, 6.45) is 11.9. The molecule has 1 saturated heterocycles. The van der Waals surface area contributed by atoms with Crippen LogP contribution in [0.4, 0.5) is 0 Å². The molecular weight excluding hydrogens is 170 g/mol. The van der Waals surface area contributed by atoms with E-state index in [4.69, 9.17) is 6.42 Å². The summed E-state index contributed by atoms with van der Waals surface area (Å²) in [7, 11) is 0. The summed E-state index contributed by atoms with van der Waals surface area (Å²) in [6.45, 7) is 3.71. The van der Waals surface area contributed by atoms with Gasteiger partial charge in [-0.15, -0.1) is 25.4 Å². The Labute approximate surface area is 81.0 Å². The van der Waals surface area contributed by atoms with Crippen LogP contribution in [0.2, 0.25) is 0 Å². The van der Waals surface area contributed by atoms with Gasteiger partial charge in [0.25, 0.3) is 0 Å². The lowest BCUT2D eigenvalue weighted by atomic mass is 9.97. The Hall–Kier alpha value is -0.450. The zero-order valence-electron chi connectivity index (χ0n) is 7.25. The highest BCUT2D eigenvalue weighted by Gasteiger charge is 2.17. The zero-order chi connectivity index (χ0) is 8.10. The van der Waals surface area contributed by atoms with Crippen molar-refractivity contribution in [3.63, 3.8) is 0 Å². The molecule has 0 spiro atoms. The van der Waals surface area contributed by atoms with Gasteiger partial charge in [0.15, 0.2) is 0 Å². The third-order valence-corrected chi connectivity index (χ3v) is 2.13. The molecule has 1 rings (SSSR count). The van der Waals surface area contributed by atoms with Crippen LogP contribution < -0.4 is 5.32 Å². The molecule has 1 aliphatic heterocycles. The second-order valence-electron chi connectivity index (χ2n) is 3.04. The summed E-state index contributed by atoms with van der Waals surface area (Å²) in [6, 6.07) is 0.871. The number of hydrogen-bond donors (Lipinski definition) is 1. The molecule has 68 valence electrons. The van der Waals surface area contributed by atoms with Crippen LogP contribution in [0.5, 0.6) is 0 Å². The standard InChI is InChI=1S/C10H15N.ClH/c1-3-6-10-8-5-7-9(4-2)11-10;/h2-3,9-11H,1,5-8H2;1H. The lowest BCUT2D eigenvalue weighted by Crippen LogP contribution is -2.40. The first-order chi connectivity index (χ1) is 5.36. The normalized spacial score (nSPS) is 28.2. The number of nitrogens with one attached hydrogen (secondary N) is 1. The zero-order valence-corrected chi connectivity index (χ0v) is 8.07. The fourth-order valence-corrected chi connectivity index (χ4v) is 1.54. The van der Waals surface area contributed by atoms with Crippen molar-refractivity contribution in [3.05, 3.63) is 12.7 Å². The molecule has 0 radical (unpaired) electrons. The Morgan fingerprint density at radius 1 is 1.58 bits per heavy atom. The monoisotopic (exact) mass is 185 g/mol. The molecule has 0 saturated carbocycles. The third kappa shape index (κ3) is 3.30. The van der Waals surface area contributed by atoms with Crippen LogP contribution in [-0.4, -0.2) is 12.1 Å². The molecule has 0 bridgehead atoms. The molecule has 0 aliphatic carbocycles. The highest BCUT2D eigenvalue weighted by Crippen LogP contribution is 2.14. The summed E-state index contributed by atoms with van der Waals surface area (Å²) >= 11 is 0. The highest BCUT2D eigenvalue weighted by atomic mass is 35.5. The van der Waals surface area contributed by atoms with E-state index in [1.807, 2.05) is 6.08 Å². The van der Waals surface area contributed by atoms with Crippen molar-refractivity contribution in [1.29, 1.82) is 0 Å². The molecule has 0 aromatic carbocycles. The Bertz CT molecular complexity index is 171. The maximum Gasteiger partial charge on any atom is 0.0689 e.